The molecule has 0 radical (unpaired) electrons. The van der Waals surface area contributed by atoms with Gasteiger partial charge in [-0.1, -0.05) is 61.4 Å². The van der Waals surface area contributed by atoms with Crippen LogP contribution < -0.4 is 0 Å². The van der Waals surface area contributed by atoms with E-state index in [0.717, 1.165) is 36.5 Å². The fourth-order valence-corrected chi connectivity index (χ4v) is 6.10. The van der Waals surface area contributed by atoms with Gasteiger partial charge in [-0.3, -0.25) is 0 Å². The summed E-state index contributed by atoms with van der Waals surface area (Å²) >= 11 is 0. The maximum absolute atomic E-state index is 4.01. The molecule has 0 bridgehead atoms. The quantitative estimate of drug-likeness (QED) is 0.389. The molecule has 0 atom stereocenters. The predicted molar refractivity (Wildman–Crippen MR) is 132 cm³/mol. The monoisotopic (exact) mass is 400 g/mol. The SMILES string of the molecule is C=CCCc1ccc2cc(CCC3CCC(C4CCC(C=C)CC4)CC3)ccc2c1. The standard InChI is InChI=1S/C30H40/c1-3-5-6-25-13-19-30-22-26(14-20-29(30)21-25)8-7-24-11-17-28(18-12-24)27-15-9-23(4-2)10-16-27/h3-4,13-14,19-24,27-28H,1-2,5-12,15-18H2. The number of hydrogen-bond acceptors (Lipinski definition) is 0. The average molecular weight is 401 g/mol. The second-order valence-corrected chi connectivity index (χ2v) is 10.1. The number of benzene rings is 2. The van der Waals surface area contributed by atoms with Gasteiger partial charge >= 0.3 is 0 Å². The predicted octanol–water partition coefficient (Wildman–Crippen LogP) is 8.69. The van der Waals surface area contributed by atoms with Gasteiger partial charge in [0.2, 0.25) is 0 Å². The first-order chi connectivity index (χ1) is 14.7. The Kier molecular flexibility index (Phi) is 7.47. The number of hydrogen-bond donors (Lipinski definition) is 0. The van der Waals surface area contributed by atoms with Crippen LogP contribution in [0.1, 0.15) is 75.3 Å². The maximum Gasteiger partial charge on any atom is -0.0181 e. The lowest BCUT2D eigenvalue weighted by Crippen LogP contribution is -2.25. The van der Waals surface area contributed by atoms with Crippen LogP contribution in [0.5, 0.6) is 0 Å². The molecule has 2 aromatic rings. The second-order valence-electron chi connectivity index (χ2n) is 10.1. The molecule has 0 N–H and O–H groups in total. The summed E-state index contributed by atoms with van der Waals surface area (Å²) in [4.78, 5) is 0. The van der Waals surface area contributed by atoms with E-state index < -0.39 is 0 Å². The minimum absolute atomic E-state index is 0.804. The maximum atomic E-state index is 4.01. The highest BCUT2D eigenvalue weighted by Crippen LogP contribution is 2.42. The molecular formula is C30H40. The zero-order chi connectivity index (χ0) is 20.8. The Hall–Kier alpha value is -1.82. The van der Waals surface area contributed by atoms with Gasteiger partial charge < -0.3 is 0 Å². The molecule has 0 amide bonds. The molecule has 0 heterocycles. The van der Waals surface area contributed by atoms with Crippen molar-refractivity contribution in [1.82, 2.24) is 0 Å². The fraction of sp³-hybridized carbons (Fsp3) is 0.533. The molecule has 2 saturated carbocycles. The molecule has 2 fully saturated rings. The van der Waals surface area contributed by atoms with Crippen LogP contribution in [-0.4, -0.2) is 0 Å². The minimum Gasteiger partial charge on any atom is -0.103 e. The highest BCUT2D eigenvalue weighted by Gasteiger charge is 2.30. The van der Waals surface area contributed by atoms with Crippen LogP contribution in [0.3, 0.4) is 0 Å². The molecule has 160 valence electrons. The van der Waals surface area contributed by atoms with Crippen molar-refractivity contribution in [3.63, 3.8) is 0 Å². The smallest absolute Gasteiger partial charge is 0.0181 e. The van der Waals surface area contributed by atoms with Crippen LogP contribution in [0.4, 0.5) is 0 Å². The molecule has 0 aliphatic heterocycles. The number of allylic oxidation sites excluding steroid dienone is 2. The molecular weight excluding hydrogens is 360 g/mol. The van der Waals surface area contributed by atoms with Crippen LogP contribution in [0, 0.1) is 23.7 Å². The zero-order valence-electron chi connectivity index (χ0n) is 18.8. The van der Waals surface area contributed by atoms with Crippen LogP contribution in [0.2, 0.25) is 0 Å². The van der Waals surface area contributed by atoms with Gasteiger partial charge in [-0.25, -0.2) is 0 Å². The lowest BCUT2D eigenvalue weighted by Gasteiger charge is -2.37. The molecule has 0 nitrogen and oxygen atoms in total. The van der Waals surface area contributed by atoms with Gasteiger partial charge in [0.25, 0.3) is 0 Å². The first-order valence-electron chi connectivity index (χ1n) is 12.5. The summed E-state index contributed by atoms with van der Waals surface area (Å²) in [6.45, 7) is 7.84. The van der Waals surface area contributed by atoms with Crippen LogP contribution in [0.25, 0.3) is 10.8 Å². The summed E-state index contributed by atoms with van der Waals surface area (Å²) in [5, 5.41) is 2.78. The summed E-state index contributed by atoms with van der Waals surface area (Å²) in [7, 11) is 0. The number of aryl methyl sites for hydroxylation is 2. The molecule has 0 aromatic heterocycles. The van der Waals surface area contributed by atoms with Crippen molar-refractivity contribution in [2.75, 3.05) is 0 Å². The van der Waals surface area contributed by atoms with Crippen molar-refractivity contribution in [3.8, 4) is 0 Å². The van der Waals surface area contributed by atoms with Crippen LogP contribution in [0.15, 0.2) is 61.7 Å². The van der Waals surface area contributed by atoms with Gasteiger partial charge in [0.1, 0.15) is 0 Å². The lowest BCUT2D eigenvalue weighted by atomic mass is 9.68. The molecule has 0 spiro atoms. The lowest BCUT2D eigenvalue weighted by molar-refractivity contribution is 0.153. The Labute approximate surface area is 184 Å². The van der Waals surface area contributed by atoms with Crippen molar-refractivity contribution < 1.29 is 0 Å². The third kappa shape index (κ3) is 5.45. The van der Waals surface area contributed by atoms with E-state index in [9.17, 15) is 0 Å². The topological polar surface area (TPSA) is 0 Å². The molecule has 0 saturated heterocycles. The third-order valence-electron chi connectivity index (χ3n) is 8.16. The van der Waals surface area contributed by atoms with Gasteiger partial charge in [-0.2, -0.15) is 0 Å². The first kappa shape index (κ1) is 21.4. The largest absolute Gasteiger partial charge is 0.103 e. The highest BCUT2D eigenvalue weighted by molar-refractivity contribution is 5.83. The van der Waals surface area contributed by atoms with Gasteiger partial charge in [0.15, 0.2) is 0 Å². The van der Waals surface area contributed by atoms with E-state index >= 15 is 0 Å². The Morgan fingerprint density at radius 3 is 1.83 bits per heavy atom. The zero-order valence-corrected chi connectivity index (χ0v) is 18.8. The molecule has 30 heavy (non-hydrogen) atoms. The number of rotatable bonds is 8. The Bertz CT molecular complexity index is 828. The van der Waals surface area contributed by atoms with Gasteiger partial charge in [-0.15, -0.1) is 13.2 Å². The summed E-state index contributed by atoms with van der Waals surface area (Å²) in [5.41, 5.74) is 2.94. The van der Waals surface area contributed by atoms with E-state index in [1.165, 1.54) is 86.1 Å². The van der Waals surface area contributed by atoms with Gasteiger partial charge in [-0.05, 0) is 110 Å². The van der Waals surface area contributed by atoms with E-state index in [0.29, 0.717) is 0 Å². The van der Waals surface area contributed by atoms with E-state index in [1.807, 2.05) is 6.08 Å². The van der Waals surface area contributed by atoms with Gasteiger partial charge in [0, 0.05) is 0 Å². The van der Waals surface area contributed by atoms with Crippen molar-refractivity contribution in [2.45, 2.75) is 77.0 Å². The van der Waals surface area contributed by atoms with Gasteiger partial charge in [0.05, 0.1) is 0 Å². The summed E-state index contributed by atoms with van der Waals surface area (Å²) in [6, 6.07) is 14.1. The van der Waals surface area contributed by atoms with Crippen LogP contribution >= 0.6 is 0 Å². The fourth-order valence-electron chi connectivity index (χ4n) is 6.10. The highest BCUT2D eigenvalue weighted by atomic mass is 14.4. The summed E-state index contributed by atoms with van der Waals surface area (Å²) in [6.07, 6.45) is 20.6. The Morgan fingerprint density at radius 1 is 0.700 bits per heavy atom. The molecule has 2 aromatic carbocycles. The molecule has 2 aliphatic rings. The molecule has 2 aliphatic carbocycles. The van der Waals surface area contributed by atoms with Crippen LogP contribution in [-0.2, 0) is 12.8 Å². The molecule has 4 rings (SSSR count). The van der Waals surface area contributed by atoms with E-state index in [1.54, 1.807) is 0 Å². The molecule has 0 heteroatoms. The van der Waals surface area contributed by atoms with Crippen molar-refractivity contribution in [2.24, 2.45) is 23.7 Å². The van der Waals surface area contributed by atoms with E-state index in [2.05, 4.69) is 55.6 Å². The summed E-state index contributed by atoms with van der Waals surface area (Å²) < 4.78 is 0. The van der Waals surface area contributed by atoms with Crippen molar-refractivity contribution in [1.29, 1.82) is 0 Å². The van der Waals surface area contributed by atoms with Crippen molar-refractivity contribution in [3.05, 3.63) is 72.8 Å². The van der Waals surface area contributed by atoms with E-state index in [4.69, 9.17) is 0 Å². The third-order valence-corrected chi connectivity index (χ3v) is 8.16. The average Bonchev–Trinajstić information content (AvgIpc) is 2.81. The minimum atomic E-state index is 0.804. The Morgan fingerprint density at radius 2 is 1.27 bits per heavy atom. The van der Waals surface area contributed by atoms with E-state index in [-0.39, 0.29) is 0 Å². The van der Waals surface area contributed by atoms with Crippen molar-refractivity contribution >= 4 is 10.8 Å². The first-order valence-corrected chi connectivity index (χ1v) is 12.5. The normalized spacial score (nSPS) is 27.1. The Balaban J connectivity index is 1.24. The number of fused-ring (bicyclic) bond motifs is 1. The summed E-state index contributed by atoms with van der Waals surface area (Å²) in [5.74, 6) is 3.78. The molecule has 0 unspecified atom stereocenters. The second kappa shape index (κ2) is 10.5.